The van der Waals surface area contributed by atoms with Gasteiger partial charge in [-0.2, -0.15) is 0 Å². The van der Waals surface area contributed by atoms with Crippen LogP contribution >= 0.6 is 23.2 Å². The molecule has 3 unspecified atom stereocenters. The van der Waals surface area contributed by atoms with Gasteiger partial charge in [0.25, 0.3) is 0 Å². The molecule has 3 nitrogen and oxygen atoms in total. The third kappa shape index (κ3) is 2.73. The molecule has 108 valence electrons. The minimum Gasteiger partial charge on any atom is -0.372 e. The fourth-order valence-corrected chi connectivity index (χ4v) is 3.54. The van der Waals surface area contributed by atoms with Crippen LogP contribution in [0.3, 0.4) is 0 Å². The number of likely N-dealkylation sites (tertiary alicyclic amines) is 1. The van der Waals surface area contributed by atoms with E-state index < -0.39 is 0 Å². The van der Waals surface area contributed by atoms with Gasteiger partial charge in [0, 0.05) is 23.7 Å². The molecule has 1 aromatic carbocycles. The first-order chi connectivity index (χ1) is 9.54. The van der Waals surface area contributed by atoms with E-state index >= 15 is 0 Å². The van der Waals surface area contributed by atoms with Crippen LogP contribution in [0.1, 0.15) is 30.1 Å². The number of hydrogen-bond acceptors (Lipinski definition) is 3. The van der Waals surface area contributed by atoms with Crippen molar-refractivity contribution in [1.29, 1.82) is 0 Å². The van der Waals surface area contributed by atoms with Gasteiger partial charge in [0.05, 0.1) is 23.3 Å². The number of halogens is 2. The highest BCUT2D eigenvalue weighted by Crippen LogP contribution is 2.29. The van der Waals surface area contributed by atoms with Crippen LogP contribution in [0.4, 0.5) is 0 Å². The SMILES string of the molecule is CC(C(=O)c1ccc(Cl)cc1Cl)N1CC2CCC(C1)O2. The van der Waals surface area contributed by atoms with Gasteiger partial charge in [-0.15, -0.1) is 0 Å². The van der Waals surface area contributed by atoms with E-state index in [1.54, 1.807) is 18.2 Å². The van der Waals surface area contributed by atoms with Gasteiger partial charge >= 0.3 is 0 Å². The average Bonchev–Trinajstić information content (AvgIpc) is 2.76. The second-order valence-corrected chi connectivity index (χ2v) is 6.42. The number of ketones is 1. The third-order valence-corrected chi connectivity index (χ3v) is 4.74. The van der Waals surface area contributed by atoms with E-state index in [0.29, 0.717) is 15.6 Å². The van der Waals surface area contributed by atoms with Crippen molar-refractivity contribution in [2.45, 2.75) is 38.0 Å². The smallest absolute Gasteiger partial charge is 0.181 e. The van der Waals surface area contributed by atoms with Crippen LogP contribution in [0.25, 0.3) is 0 Å². The molecule has 3 rings (SSSR count). The first kappa shape index (κ1) is 14.3. The molecular formula is C15H17Cl2NO2. The quantitative estimate of drug-likeness (QED) is 0.801. The van der Waals surface area contributed by atoms with E-state index in [9.17, 15) is 4.79 Å². The standard InChI is InChI=1S/C15H17Cl2NO2/c1-9(18-7-11-3-4-12(8-18)20-11)15(19)13-5-2-10(16)6-14(13)17/h2,5-6,9,11-12H,3-4,7-8H2,1H3. The topological polar surface area (TPSA) is 29.5 Å². The summed E-state index contributed by atoms with van der Waals surface area (Å²) in [7, 11) is 0. The molecule has 0 aliphatic carbocycles. The molecule has 0 radical (unpaired) electrons. The summed E-state index contributed by atoms with van der Waals surface area (Å²) >= 11 is 12.0. The van der Waals surface area contributed by atoms with Gasteiger partial charge in [-0.1, -0.05) is 23.2 Å². The van der Waals surface area contributed by atoms with E-state index in [1.165, 1.54) is 0 Å². The Morgan fingerprint density at radius 3 is 2.55 bits per heavy atom. The molecule has 2 bridgehead atoms. The number of hydrogen-bond donors (Lipinski definition) is 0. The second-order valence-electron chi connectivity index (χ2n) is 5.58. The summed E-state index contributed by atoms with van der Waals surface area (Å²) < 4.78 is 5.81. The number of morpholine rings is 1. The molecule has 20 heavy (non-hydrogen) atoms. The summed E-state index contributed by atoms with van der Waals surface area (Å²) in [5.41, 5.74) is 0.544. The number of carbonyl (C=O) groups is 1. The Kier molecular flexibility index (Phi) is 4.04. The van der Waals surface area contributed by atoms with Gasteiger partial charge in [0.1, 0.15) is 0 Å². The lowest BCUT2D eigenvalue weighted by Gasteiger charge is -2.35. The maximum atomic E-state index is 12.6. The maximum Gasteiger partial charge on any atom is 0.181 e. The van der Waals surface area contributed by atoms with E-state index in [4.69, 9.17) is 27.9 Å². The van der Waals surface area contributed by atoms with Crippen molar-refractivity contribution in [2.24, 2.45) is 0 Å². The highest BCUT2D eigenvalue weighted by Gasteiger charge is 2.37. The van der Waals surface area contributed by atoms with Crippen LogP contribution < -0.4 is 0 Å². The van der Waals surface area contributed by atoms with E-state index in [1.807, 2.05) is 6.92 Å². The van der Waals surface area contributed by atoms with Crippen LogP contribution in [0.15, 0.2) is 18.2 Å². The molecule has 2 heterocycles. The molecule has 0 amide bonds. The summed E-state index contributed by atoms with van der Waals surface area (Å²) in [5, 5.41) is 0.967. The molecule has 5 heteroatoms. The Labute approximate surface area is 128 Å². The zero-order valence-corrected chi connectivity index (χ0v) is 12.8. The minimum atomic E-state index is -0.180. The zero-order chi connectivity index (χ0) is 14.3. The number of fused-ring (bicyclic) bond motifs is 2. The Balaban J connectivity index is 1.76. The summed E-state index contributed by atoms with van der Waals surface area (Å²) in [4.78, 5) is 14.8. The lowest BCUT2D eigenvalue weighted by Crippen LogP contribution is -2.49. The Hall–Kier alpha value is -0.610. The fourth-order valence-electron chi connectivity index (χ4n) is 3.04. The number of ether oxygens (including phenoxy) is 1. The van der Waals surface area contributed by atoms with Crippen molar-refractivity contribution in [3.8, 4) is 0 Å². The summed E-state index contributed by atoms with van der Waals surface area (Å²) in [6, 6.07) is 4.85. The highest BCUT2D eigenvalue weighted by atomic mass is 35.5. The number of nitrogens with zero attached hydrogens (tertiary/aromatic N) is 1. The second kappa shape index (κ2) is 5.64. The van der Waals surface area contributed by atoms with E-state index in [-0.39, 0.29) is 24.0 Å². The Morgan fingerprint density at radius 1 is 1.30 bits per heavy atom. The van der Waals surface area contributed by atoms with Crippen molar-refractivity contribution in [2.75, 3.05) is 13.1 Å². The van der Waals surface area contributed by atoms with Gasteiger partial charge in [-0.3, -0.25) is 9.69 Å². The predicted molar refractivity (Wildman–Crippen MR) is 79.7 cm³/mol. The van der Waals surface area contributed by atoms with Crippen molar-refractivity contribution in [1.82, 2.24) is 4.90 Å². The van der Waals surface area contributed by atoms with Crippen LogP contribution in [0.2, 0.25) is 10.0 Å². The summed E-state index contributed by atoms with van der Waals surface area (Å²) in [5.74, 6) is 0.0490. The maximum absolute atomic E-state index is 12.6. The first-order valence-corrected chi connectivity index (χ1v) is 7.69. The number of rotatable bonds is 3. The predicted octanol–water partition coefficient (Wildman–Crippen LogP) is 3.43. The first-order valence-electron chi connectivity index (χ1n) is 6.93. The lowest BCUT2D eigenvalue weighted by molar-refractivity contribution is -0.0464. The van der Waals surface area contributed by atoms with E-state index in [0.717, 1.165) is 25.9 Å². The molecule has 0 spiro atoms. The fraction of sp³-hybridized carbons (Fsp3) is 0.533. The summed E-state index contributed by atoms with van der Waals surface area (Å²) in [6.07, 6.45) is 2.77. The van der Waals surface area contributed by atoms with Crippen molar-refractivity contribution >= 4 is 29.0 Å². The van der Waals surface area contributed by atoms with Gasteiger partial charge in [-0.25, -0.2) is 0 Å². The molecular weight excluding hydrogens is 297 g/mol. The molecule has 1 aromatic rings. The molecule has 2 saturated heterocycles. The number of carbonyl (C=O) groups excluding carboxylic acids is 1. The average molecular weight is 314 g/mol. The van der Waals surface area contributed by atoms with Gasteiger partial charge in [0.2, 0.25) is 0 Å². The molecule has 2 aliphatic heterocycles. The van der Waals surface area contributed by atoms with Crippen molar-refractivity contribution < 1.29 is 9.53 Å². The van der Waals surface area contributed by atoms with Crippen LogP contribution in [-0.2, 0) is 4.74 Å². The number of benzene rings is 1. The Morgan fingerprint density at radius 2 is 1.95 bits per heavy atom. The van der Waals surface area contributed by atoms with Crippen LogP contribution in [0.5, 0.6) is 0 Å². The monoisotopic (exact) mass is 313 g/mol. The largest absolute Gasteiger partial charge is 0.372 e. The Bertz CT molecular complexity index is 523. The lowest BCUT2D eigenvalue weighted by atomic mass is 10.0. The van der Waals surface area contributed by atoms with Crippen molar-refractivity contribution in [3.05, 3.63) is 33.8 Å². The minimum absolute atomic E-state index is 0.0490. The van der Waals surface area contributed by atoms with Gasteiger partial charge in [-0.05, 0) is 38.0 Å². The van der Waals surface area contributed by atoms with Crippen molar-refractivity contribution in [3.63, 3.8) is 0 Å². The number of Topliss-reactive ketones (excluding diaryl/α,β-unsaturated/α-hetero) is 1. The normalized spacial score (nSPS) is 27.6. The van der Waals surface area contributed by atoms with Crippen LogP contribution in [-0.4, -0.2) is 42.0 Å². The molecule has 2 fully saturated rings. The molecule has 3 atom stereocenters. The zero-order valence-electron chi connectivity index (χ0n) is 11.3. The molecule has 0 aromatic heterocycles. The summed E-state index contributed by atoms with van der Waals surface area (Å²) in [6.45, 7) is 3.60. The molecule has 2 aliphatic rings. The van der Waals surface area contributed by atoms with Gasteiger partial charge in [0.15, 0.2) is 5.78 Å². The molecule has 0 N–H and O–H groups in total. The molecule has 0 saturated carbocycles. The highest BCUT2D eigenvalue weighted by molar-refractivity contribution is 6.37. The van der Waals surface area contributed by atoms with Gasteiger partial charge < -0.3 is 4.74 Å². The van der Waals surface area contributed by atoms with Crippen LogP contribution in [0, 0.1) is 0 Å². The third-order valence-electron chi connectivity index (χ3n) is 4.20. The van der Waals surface area contributed by atoms with E-state index in [2.05, 4.69) is 4.90 Å².